The van der Waals surface area contributed by atoms with E-state index >= 15 is 0 Å². The van der Waals surface area contributed by atoms with Crippen LogP contribution in [0, 0.1) is 0 Å². The van der Waals surface area contributed by atoms with E-state index in [1.807, 2.05) is 0 Å². The topological polar surface area (TPSA) is 110 Å². The molecule has 0 bridgehead atoms. The van der Waals surface area contributed by atoms with E-state index in [0.29, 0.717) is 0 Å². The van der Waals surface area contributed by atoms with Gasteiger partial charge in [0.15, 0.2) is 0 Å². The molecule has 0 aliphatic rings. The molecule has 120 valence electrons. The summed E-state index contributed by atoms with van der Waals surface area (Å²) < 4.78 is 31.7. The number of methoxy groups -OCH3 is 1. The van der Waals surface area contributed by atoms with E-state index in [1.165, 1.54) is 48.5 Å². The van der Waals surface area contributed by atoms with Crippen molar-refractivity contribution in [1.29, 1.82) is 0 Å². The van der Waals surface area contributed by atoms with Gasteiger partial charge in [-0.05, 0) is 36.4 Å². The average Bonchev–Trinajstić information content (AvgIpc) is 2.54. The Morgan fingerprint density at radius 1 is 1.04 bits per heavy atom. The average molecular weight is 335 g/mol. The third-order valence-electron chi connectivity index (χ3n) is 2.97. The molecule has 2 aromatic carbocycles. The number of benzene rings is 2. The van der Waals surface area contributed by atoms with E-state index in [2.05, 4.69) is 9.46 Å². The molecule has 0 atom stereocenters. The molecule has 0 saturated heterocycles. The first-order valence-corrected chi connectivity index (χ1v) is 7.87. The molecule has 8 heteroatoms. The minimum atomic E-state index is -4.03. The van der Waals surface area contributed by atoms with Crippen molar-refractivity contribution in [2.24, 2.45) is 0 Å². The monoisotopic (exact) mass is 335 g/mol. The number of rotatable bonds is 5. The highest BCUT2D eigenvalue weighted by molar-refractivity contribution is 7.92. The van der Waals surface area contributed by atoms with E-state index in [1.54, 1.807) is 0 Å². The molecule has 2 rings (SSSR count). The molecule has 0 fully saturated rings. The molecule has 0 radical (unpaired) electrons. The lowest BCUT2D eigenvalue weighted by Gasteiger charge is -2.11. The molecule has 0 amide bonds. The van der Waals surface area contributed by atoms with Crippen LogP contribution >= 0.6 is 0 Å². The molecule has 2 N–H and O–H groups in total. The smallest absolute Gasteiger partial charge is 0.339 e. The molecule has 7 nitrogen and oxygen atoms in total. The van der Waals surface area contributed by atoms with Crippen molar-refractivity contribution in [2.45, 2.75) is 4.90 Å². The first kappa shape index (κ1) is 16.5. The van der Waals surface area contributed by atoms with Crippen LogP contribution in [0.15, 0.2) is 53.4 Å². The largest absolute Gasteiger partial charge is 0.478 e. The number of carbonyl (C=O) groups is 2. The molecule has 0 spiro atoms. The summed E-state index contributed by atoms with van der Waals surface area (Å²) in [5.74, 6) is -1.89. The first-order chi connectivity index (χ1) is 10.8. The zero-order chi connectivity index (χ0) is 17.0. The number of nitrogens with one attached hydrogen (secondary N) is 1. The summed E-state index contributed by atoms with van der Waals surface area (Å²) in [6.45, 7) is 0. The molecule has 0 unspecified atom stereocenters. The Labute approximate surface area is 132 Å². The summed E-state index contributed by atoms with van der Waals surface area (Å²) in [7, 11) is -2.87. The number of ether oxygens (including phenoxy) is 1. The predicted molar refractivity (Wildman–Crippen MR) is 82.0 cm³/mol. The highest BCUT2D eigenvalue weighted by atomic mass is 32.2. The van der Waals surface area contributed by atoms with Crippen molar-refractivity contribution in [3.63, 3.8) is 0 Å². The van der Waals surface area contributed by atoms with E-state index in [0.717, 1.165) is 7.11 Å². The number of hydrogen-bond acceptors (Lipinski definition) is 5. The minimum Gasteiger partial charge on any atom is -0.478 e. The SMILES string of the molecule is COC(=O)c1ccccc1S(=O)(=O)Nc1ccc(C(=O)O)cc1. The van der Waals surface area contributed by atoms with Crippen LogP contribution in [0.3, 0.4) is 0 Å². The minimum absolute atomic E-state index is 0.0305. The van der Waals surface area contributed by atoms with Crippen molar-refractivity contribution in [1.82, 2.24) is 0 Å². The van der Waals surface area contributed by atoms with Crippen molar-refractivity contribution in [3.8, 4) is 0 Å². The van der Waals surface area contributed by atoms with E-state index in [-0.39, 0.29) is 21.7 Å². The number of carboxylic acids is 1. The lowest BCUT2D eigenvalue weighted by Crippen LogP contribution is -2.17. The van der Waals surface area contributed by atoms with E-state index in [9.17, 15) is 18.0 Å². The molecule has 23 heavy (non-hydrogen) atoms. The molecular weight excluding hydrogens is 322 g/mol. The molecule has 0 saturated carbocycles. The fraction of sp³-hybridized carbons (Fsp3) is 0.0667. The number of aromatic carboxylic acids is 1. The van der Waals surface area contributed by atoms with Crippen LogP contribution < -0.4 is 4.72 Å². The van der Waals surface area contributed by atoms with Gasteiger partial charge in [0.05, 0.1) is 18.2 Å². The lowest BCUT2D eigenvalue weighted by atomic mass is 10.2. The zero-order valence-corrected chi connectivity index (χ0v) is 12.8. The summed E-state index contributed by atoms with van der Waals surface area (Å²) in [6, 6.07) is 10.8. The highest BCUT2D eigenvalue weighted by Gasteiger charge is 2.22. The predicted octanol–water partition coefficient (Wildman–Crippen LogP) is 1.97. The normalized spacial score (nSPS) is 10.8. The Kier molecular flexibility index (Phi) is 4.65. The first-order valence-electron chi connectivity index (χ1n) is 6.38. The second-order valence-corrected chi connectivity index (χ2v) is 6.13. The van der Waals surface area contributed by atoms with Crippen LogP contribution in [0.4, 0.5) is 5.69 Å². The van der Waals surface area contributed by atoms with Gasteiger partial charge < -0.3 is 9.84 Å². The maximum atomic E-state index is 12.4. The third kappa shape index (κ3) is 3.67. The fourth-order valence-corrected chi connectivity index (χ4v) is 3.13. The summed E-state index contributed by atoms with van der Waals surface area (Å²) in [4.78, 5) is 22.2. The second-order valence-electron chi connectivity index (χ2n) is 4.48. The van der Waals surface area contributed by atoms with Crippen molar-refractivity contribution in [2.75, 3.05) is 11.8 Å². The van der Waals surface area contributed by atoms with Gasteiger partial charge in [-0.2, -0.15) is 0 Å². The van der Waals surface area contributed by atoms with Crippen molar-refractivity contribution < 1.29 is 27.9 Å². The zero-order valence-electron chi connectivity index (χ0n) is 12.0. The van der Waals surface area contributed by atoms with E-state index in [4.69, 9.17) is 5.11 Å². The standard InChI is InChI=1S/C15H13NO6S/c1-22-15(19)12-4-2-3-5-13(12)23(20,21)16-11-8-6-10(7-9-11)14(17)18/h2-9,16H,1H3,(H,17,18). The van der Waals surface area contributed by atoms with Gasteiger partial charge in [-0.25, -0.2) is 18.0 Å². The Hall–Kier alpha value is -2.87. The number of carboxylic acid groups (broad SMARTS) is 1. The van der Waals surface area contributed by atoms with Gasteiger partial charge in [0, 0.05) is 5.69 Å². The number of hydrogen-bond donors (Lipinski definition) is 2. The number of carbonyl (C=O) groups excluding carboxylic acids is 1. The maximum Gasteiger partial charge on any atom is 0.339 e. The van der Waals surface area contributed by atoms with Gasteiger partial charge in [0.1, 0.15) is 4.90 Å². The maximum absolute atomic E-state index is 12.4. The molecule has 2 aromatic rings. The molecular formula is C15H13NO6S. The Balaban J connectivity index is 2.36. The number of sulfonamides is 1. The molecule has 0 heterocycles. The van der Waals surface area contributed by atoms with Crippen LogP contribution in [0.2, 0.25) is 0 Å². The van der Waals surface area contributed by atoms with E-state index < -0.39 is 22.0 Å². The Morgan fingerprint density at radius 3 is 2.22 bits per heavy atom. The van der Waals surface area contributed by atoms with Crippen LogP contribution in [-0.2, 0) is 14.8 Å². The summed E-state index contributed by atoms with van der Waals surface area (Å²) in [6.07, 6.45) is 0. The van der Waals surface area contributed by atoms with Gasteiger partial charge in [-0.15, -0.1) is 0 Å². The van der Waals surface area contributed by atoms with Gasteiger partial charge in [-0.1, -0.05) is 12.1 Å². The number of anilines is 1. The Morgan fingerprint density at radius 2 is 1.65 bits per heavy atom. The summed E-state index contributed by atoms with van der Waals surface area (Å²) >= 11 is 0. The van der Waals surface area contributed by atoms with Crippen molar-refractivity contribution in [3.05, 3.63) is 59.7 Å². The number of esters is 1. The van der Waals surface area contributed by atoms with Crippen LogP contribution in [0.5, 0.6) is 0 Å². The second kappa shape index (κ2) is 6.49. The van der Waals surface area contributed by atoms with Gasteiger partial charge in [-0.3, -0.25) is 4.72 Å². The lowest BCUT2D eigenvalue weighted by molar-refractivity contribution is 0.0595. The van der Waals surface area contributed by atoms with Crippen LogP contribution in [-0.4, -0.2) is 32.6 Å². The molecule has 0 aromatic heterocycles. The summed E-state index contributed by atoms with van der Waals surface area (Å²) in [5.41, 5.74) is 0.113. The van der Waals surface area contributed by atoms with Crippen LogP contribution in [0.1, 0.15) is 20.7 Å². The highest BCUT2D eigenvalue weighted by Crippen LogP contribution is 2.20. The van der Waals surface area contributed by atoms with Gasteiger partial charge in [0.25, 0.3) is 10.0 Å². The van der Waals surface area contributed by atoms with Gasteiger partial charge >= 0.3 is 11.9 Å². The quantitative estimate of drug-likeness (QED) is 0.809. The van der Waals surface area contributed by atoms with Gasteiger partial charge in [0.2, 0.25) is 0 Å². The fourth-order valence-electron chi connectivity index (χ4n) is 1.87. The summed E-state index contributed by atoms with van der Waals surface area (Å²) in [5, 5.41) is 8.82. The van der Waals surface area contributed by atoms with Crippen molar-refractivity contribution >= 4 is 27.6 Å². The Bertz CT molecular complexity index is 843. The molecule has 0 aliphatic heterocycles. The third-order valence-corrected chi connectivity index (χ3v) is 4.41. The molecule has 0 aliphatic carbocycles. The van der Waals surface area contributed by atoms with Crippen LogP contribution in [0.25, 0.3) is 0 Å².